The smallest absolute Gasteiger partial charge is 0.0729 e. The summed E-state index contributed by atoms with van der Waals surface area (Å²) in [6.45, 7) is -0.204. The van der Waals surface area contributed by atoms with Gasteiger partial charge in [-0.1, -0.05) is 24.3 Å². The van der Waals surface area contributed by atoms with Gasteiger partial charge in [0.15, 0.2) is 12.4 Å². The van der Waals surface area contributed by atoms with E-state index in [9.17, 15) is 0 Å². The zero-order valence-electron chi connectivity index (χ0n) is 6.09. The van der Waals surface area contributed by atoms with Gasteiger partial charge in [-0.3, -0.25) is 0 Å². The van der Waals surface area contributed by atoms with Crippen LogP contribution in [0.15, 0.2) is 36.5 Å². The summed E-state index contributed by atoms with van der Waals surface area (Å²) in [5, 5.41) is 0. The molecule has 0 radical (unpaired) electrons. The van der Waals surface area contributed by atoms with E-state index in [1.807, 2.05) is 0 Å². The Labute approximate surface area is 73.2 Å². The third-order valence-corrected chi connectivity index (χ3v) is 4.83. The van der Waals surface area contributed by atoms with Crippen molar-refractivity contribution in [2.24, 2.45) is 5.92 Å². The first-order valence-corrected chi connectivity index (χ1v) is 6.35. The molecule has 0 saturated carbocycles. The predicted octanol–water partition coefficient (Wildman–Crippen LogP) is 2.80. The molecule has 2 heteroatoms. The summed E-state index contributed by atoms with van der Waals surface area (Å²) in [7, 11) is 0. The molecule has 0 aromatic carbocycles. The van der Waals surface area contributed by atoms with Crippen molar-refractivity contribution in [2.45, 2.75) is 5.66 Å². The van der Waals surface area contributed by atoms with Crippen LogP contribution in [0, 0.1) is 5.92 Å². The zero-order chi connectivity index (χ0) is 7.68. The quantitative estimate of drug-likeness (QED) is 0.431. The Morgan fingerprint density at radius 2 is 1.73 bits per heavy atom. The number of allylic oxidation sites excluding steroid dienone is 6. The van der Waals surface area contributed by atoms with E-state index < -0.39 is 0 Å². The van der Waals surface area contributed by atoms with Gasteiger partial charge in [-0.25, -0.2) is 0 Å². The fourth-order valence-electron chi connectivity index (χ4n) is 1.42. The van der Waals surface area contributed by atoms with Crippen molar-refractivity contribution >= 4 is 24.8 Å². The van der Waals surface area contributed by atoms with Crippen molar-refractivity contribution < 1.29 is 0 Å². The van der Waals surface area contributed by atoms with Crippen molar-refractivity contribution in [1.82, 2.24) is 0 Å². The maximum atomic E-state index is 4.56. The van der Waals surface area contributed by atoms with Crippen LogP contribution in [-0.4, -0.2) is 11.5 Å². The summed E-state index contributed by atoms with van der Waals surface area (Å²) in [5.41, 5.74) is 0.642. The largest absolute Gasteiger partial charge is 0.169 e. The number of rotatable bonds is 0. The van der Waals surface area contributed by atoms with Gasteiger partial charge in [0.25, 0.3) is 0 Å². The molecule has 0 saturated heterocycles. The van der Waals surface area contributed by atoms with Gasteiger partial charge in [-0.05, 0) is 12.2 Å². The molecule has 0 aromatic heterocycles. The maximum absolute atomic E-state index is 4.56. The van der Waals surface area contributed by atoms with Crippen molar-refractivity contribution in [3.63, 3.8) is 0 Å². The highest BCUT2D eigenvalue weighted by molar-refractivity contribution is 8.44. The molecule has 1 heterocycles. The third-order valence-electron chi connectivity index (χ3n) is 2.02. The van der Waals surface area contributed by atoms with Gasteiger partial charge in [-0.2, -0.15) is 0 Å². The van der Waals surface area contributed by atoms with Crippen molar-refractivity contribution in [3.8, 4) is 0 Å². The van der Waals surface area contributed by atoms with Crippen LogP contribution in [0.25, 0.3) is 0 Å². The average molecular weight is 181 g/mol. The van der Waals surface area contributed by atoms with E-state index in [2.05, 4.69) is 54.5 Å². The molecule has 11 heavy (non-hydrogen) atoms. The average Bonchev–Trinajstić information content (AvgIpc) is 2.06. The molecule has 0 bridgehead atoms. The van der Waals surface area contributed by atoms with Crippen LogP contribution in [0.2, 0.25) is 0 Å². The minimum atomic E-state index is -0.204. The first kappa shape index (κ1) is 7.39. The second-order valence-corrected chi connectivity index (χ2v) is 5.79. The van der Waals surface area contributed by atoms with Gasteiger partial charge in [0.05, 0.1) is 12.2 Å². The van der Waals surface area contributed by atoms with Gasteiger partial charge >= 0.3 is 0 Å². The van der Waals surface area contributed by atoms with E-state index in [0.717, 1.165) is 0 Å². The van der Waals surface area contributed by atoms with E-state index in [-0.39, 0.29) is 6.75 Å². The van der Waals surface area contributed by atoms with Crippen LogP contribution >= 0.6 is 19.0 Å². The SMILES string of the molecule is S[P+]1=CC=CC2C=CC=CC21. The van der Waals surface area contributed by atoms with Gasteiger partial charge in [0.1, 0.15) is 5.80 Å². The fourth-order valence-corrected chi connectivity index (χ4v) is 3.65. The molecule has 3 unspecified atom stereocenters. The van der Waals surface area contributed by atoms with Crippen molar-refractivity contribution in [3.05, 3.63) is 36.5 Å². The van der Waals surface area contributed by atoms with E-state index in [1.54, 1.807) is 0 Å². The highest BCUT2D eigenvalue weighted by Crippen LogP contribution is 2.43. The van der Waals surface area contributed by atoms with Crippen LogP contribution in [0.1, 0.15) is 0 Å². The second kappa shape index (κ2) is 3.00. The standard InChI is InChI=1S/C9H10PS/c11-10-7-3-5-8-4-1-2-6-9(8)10/h1-9,11H/q+1. The van der Waals surface area contributed by atoms with E-state index >= 15 is 0 Å². The lowest BCUT2D eigenvalue weighted by atomic mass is 10.00. The minimum absolute atomic E-state index is 0.204. The molecule has 56 valence electrons. The Balaban J connectivity index is 2.33. The van der Waals surface area contributed by atoms with Crippen LogP contribution in [0.5, 0.6) is 0 Å². The Morgan fingerprint density at radius 3 is 2.55 bits per heavy atom. The van der Waals surface area contributed by atoms with Crippen molar-refractivity contribution in [1.29, 1.82) is 0 Å². The topological polar surface area (TPSA) is 0 Å². The predicted molar refractivity (Wildman–Crippen MR) is 56.7 cm³/mol. The molecule has 2 aliphatic rings. The molecule has 1 aliphatic heterocycles. The molecule has 0 spiro atoms. The number of hydrogen-bond acceptors (Lipinski definition) is 1. The van der Waals surface area contributed by atoms with Crippen LogP contribution in [-0.2, 0) is 0 Å². The lowest BCUT2D eigenvalue weighted by Gasteiger charge is -2.15. The molecule has 3 atom stereocenters. The monoisotopic (exact) mass is 181 g/mol. The van der Waals surface area contributed by atoms with Crippen LogP contribution in [0.3, 0.4) is 0 Å². The van der Waals surface area contributed by atoms with Crippen LogP contribution < -0.4 is 0 Å². The molecular formula is C9H10PS+. The minimum Gasteiger partial charge on any atom is -0.0729 e. The summed E-state index contributed by atoms with van der Waals surface area (Å²) in [6.07, 6.45) is 13.2. The third kappa shape index (κ3) is 1.36. The Kier molecular flexibility index (Phi) is 2.02. The molecule has 0 nitrogen and oxygen atoms in total. The Morgan fingerprint density at radius 1 is 1.00 bits per heavy atom. The number of fused-ring (bicyclic) bond motifs is 1. The maximum Gasteiger partial charge on any atom is 0.169 e. The van der Waals surface area contributed by atoms with Gasteiger partial charge in [-0.15, -0.1) is 0 Å². The first-order valence-electron chi connectivity index (χ1n) is 3.72. The first-order chi connectivity index (χ1) is 5.38. The lowest BCUT2D eigenvalue weighted by molar-refractivity contribution is 0.837. The normalized spacial score (nSPS) is 36.6. The molecule has 0 fully saturated rings. The molecule has 1 aliphatic carbocycles. The summed E-state index contributed by atoms with van der Waals surface area (Å²) < 4.78 is 0. The summed E-state index contributed by atoms with van der Waals surface area (Å²) >= 11 is 4.56. The summed E-state index contributed by atoms with van der Waals surface area (Å²) in [6, 6.07) is 0. The highest BCUT2D eigenvalue weighted by Gasteiger charge is 2.29. The molecule has 2 rings (SSSR count). The molecule has 0 aromatic rings. The van der Waals surface area contributed by atoms with Gasteiger partial charge < -0.3 is 0 Å². The second-order valence-electron chi connectivity index (χ2n) is 2.75. The fraction of sp³-hybridized carbons (Fsp3) is 0.222. The van der Waals surface area contributed by atoms with Crippen molar-refractivity contribution in [2.75, 3.05) is 0 Å². The molecule has 0 N–H and O–H groups in total. The van der Waals surface area contributed by atoms with Crippen LogP contribution in [0.4, 0.5) is 0 Å². The Bertz CT molecular complexity index is 273. The van der Waals surface area contributed by atoms with Gasteiger partial charge in [0, 0.05) is 5.92 Å². The van der Waals surface area contributed by atoms with E-state index in [4.69, 9.17) is 0 Å². The summed E-state index contributed by atoms with van der Waals surface area (Å²) in [5.74, 6) is 2.82. The summed E-state index contributed by atoms with van der Waals surface area (Å²) in [4.78, 5) is 0. The van der Waals surface area contributed by atoms with E-state index in [0.29, 0.717) is 11.6 Å². The zero-order valence-corrected chi connectivity index (χ0v) is 7.88. The Hall–Kier alpha value is -0.260. The molecule has 0 amide bonds. The molecular weight excluding hydrogens is 171 g/mol. The highest BCUT2D eigenvalue weighted by atomic mass is 32.7. The number of hydrogen-bond donors (Lipinski definition) is 1. The lowest BCUT2D eigenvalue weighted by Crippen LogP contribution is -2.13. The number of thiol groups is 1. The van der Waals surface area contributed by atoms with Gasteiger partial charge in [0.2, 0.25) is 0 Å². The van der Waals surface area contributed by atoms with E-state index in [1.165, 1.54) is 0 Å².